The minimum atomic E-state index is -1.13. The quantitative estimate of drug-likeness (QED) is 0.464. The van der Waals surface area contributed by atoms with Crippen molar-refractivity contribution in [3.8, 4) is 0 Å². The second-order valence-electron chi connectivity index (χ2n) is 7.91. The Morgan fingerprint density at radius 3 is 2.60 bits per heavy atom. The Hall–Kier alpha value is -2.98. The van der Waals surface area contributed by atoms with Crippen LogP contribution in [0.4, 0.5) is 5.69 Å². The number of hydrogen-bond donors (Lipinski definition) is 1. The lowest BCUT2D eigenvalue weighted by atomic mass is 9.76. The van der Waals surface area contributed by atoms with E-state index in [1.807, 2.05) is 30.0 Å². The number of anilines is 1. The van der Waals surface area contributed by atoms with E-state index in [0.717, 1.165) is 17.7 Å². The fourth-order valence-corrected chi connectivity index (χ4v) is 5.44. The van der Waals surface area contributed by atoms with Crippen LogP contribution in [0, 0.1) is 5.92 Å². The lowest BCUT2D eigenvalue weighted by molar-refractivity contribution is -0.255. The van der Waals surface area contributed by atoms with Gasteiger partial charge in [-0.25, -0.2) is 0 Å². The van der Waals surface area contributed by atoms with Crippen LogP contribution in [0.25, 0.3) is 0 Å². The number of allylic oxidation sites excluding steroid dienone is 2. The number of carbonyl (C=O) groups is 1. The van der Waals surface area contributed by atoms with Crippen LogP contribution >= 0.6 is 11.8 Å². The van der Waals surface area contributed by atoms with Crippen LogP contribution in [-0.4, -0.2) is 5.97 Å². The molecule has 0 aromatic heterocycles. The molecule has 3 nitrogen and oxygen atoms in total. The van der Waals surface area contributed by atoms with Crippen molar-refractivity contribution in [2.75, 3.05) is 5.32 Å². The van der Waals surface area contributed by atoms with E-state index in [-0.39, 0.29) is 11.6 Å². The van der Waals surface area contributed by atoms with Crippen molar-refractivity contribution in [2.45, 2.75) is 29.0 Å². The monoisotopic (exact) mass is 412 g/mol. The maximum atomic E-state index is 11.1. The number of carboxylic acids is 1. The number of hydrogen-bond acceptors (Lipinski definition) is 4. The highest BCUT2D eigenvalue weighted by Crippen LogP contribution is 2.50. The standard InChI is InChI=1S/C26H23NO2S/c28-26(29)19-12-10-18(11-13-19)25-22-8-4-7-21(22)23-15-17(9-14-24(23)27-25)16-30-20-5-2-1-3-6-20/h1-7,9-15,21-22,25,27H,8,16H2,(H,28,29)/p-1. The number of benzene rings is 3. The van der Waals surface area contributed by atoms with Crippen molar-refractivity contribution in [1.29, 1.82) is 0 Å². The fraction of sp³-hybridized carbons (Fsp3) is 0.192. The zero-order chi connectivity index (χ0) is 20.5. The van der Waals surface area contributed by atoms with Gasteiger partial charge in [0.2, 0.25) is 0 Å². The van der Waals surface area contributed by atoms with Crippen LogP contribution < -0.4 is 10.4 Å². The number of carboxylic acid groups (broad SMARTS) is 1. The van der Waals surface area contributed by atoms with Gasteiger partial charge in [-0.2, -0.15) is 0 Å². The molecule has 0 amide bonds. The van der Waals surface area contributed by atoms with Crippen LogP contribution in [0.3, 0.4) is 0 Å². The number of aromatic carboxylic acids is 1. The molecule has 0 radical (unpaired) electrons. The smallest absolute Gasteiger partial charge is 0.0715 e. The van der Waals surface area contributed by atoms with E-state index in [2.05, 4.69) is 59.9 Å². The summed E-state index contributed by atoms with van der Waals surface area (Å²) in [5.74, 6) is 0.633. The molecule has 3 aromatic rings. The van der Waals surface area contributed by atoms with Gasteiger partial charge in [0, 0.05) is 22.3 Å². The first-order valence-corrected chi connectivity index (χ1v) is 11.2. The van der Waals surface area contributed by atoms with Gasteiger partial charge in [0.05, 0.1) is 12.0 Å². The Bertz CT molecular complexity index is 1090. The summed E-state index contributed by atoms with van der Waals surface area (Å²) in [7, 11) is 0. The van der Waals surface area contributed by atoms with Crippen LogP contribution in [0.1, 0.15) is 45.4 Å². The summed E-state index contributed by atoms with van der Waals surface area (Å²) in [4.78, 5) is 12.4. The fourth-order valence-electron chi connectivity index (χ4n) is 4.57. The molecular formula is C26H22NO2S-. The van der Waals surface area contributed by atoms with E-state index < -0.39 is 5.97 Å². The molecule has 1 aliphatic carbocycles. The summed E-state index contributed by atoms with van der Waals surface area (Å²) in [6.45, 7) is 0. The predicted molar refractivity (Wildman–Crippen MR) is 120 cm³/mol. The van der Waals surface area contributed by atoms with Crippen LogP contribution in [0.15, 0.2) is 89.8 Å². The first-order valence-electron chi connectivity index (χ1n) is 10.2. The highest BCUT2D eigenvalue weighted by molar-refractivity contribution is 7.98. The molecule has 0 spiro atoms. The zero-order valence-corrected chi connectivity index (χ0v) is 17.3. The number of fused-ring (bicyclic) bond motifs is 3. The van der Waals surface area contributed by atoms with Crippen molar-refractivity contribution in [1.82, 2.24) is 0 Å². The van der Waals surface area contributed by atoms with Gasteiger partial charge in [-0.3, -0.25) is 0 Å². The molecule has 1 N–H and O–H groups in total. The van der Waals surface area contributed by atoms with Crippen LogP contribution in [0.2, 0.25) is 0 Å². The van der Waals surface area contributed by atoms with Gasteiger partial charge in [-0.1, -0.05) is 66.7 Å². The minimum Gasteiger partial charge on any atom is -0.545 e. The van der Waals surface area contributed by atoms with E-state index in [4.69, 9.17) is 0 Å². The molecule has 0 bridgehead atoms. The third-order valence-electron chi connectivity index (χ3n) is 6.08. The number of carbonyl (C=O) groups excluding carboxylic acids is 1. The average molecular weight is 413 g/mol. The van der Waals surface area contributed by atoms with E-state index >= 15 is 0 Å². The normalized spacial score (nSPS) is 21.5. The van der Waals surface area contributed by atoms with Crippen LogP contribution in [0.5, 0.6) is 0 Å². The molecule has 2 aliphatic rings. The van der Waals surface area contributed by atoms with Crippen molar-refractivity contribution < 1.29 is 9.90 Å². The molecule has 1 heterocycles. The second kappa shape index (κ2) is 8.04. The molecule has 4 heteroatoms. The van der Waals surface area contributed by atoms with Crippen molar-refractivity contribution in [3.05, 3.63) is 107 Å². The first-order chi connectivity index (χ1) is 14.7. The second-order valence-corrected chi connectivity index (χ2v) is 8.96. The highest BCUT2D eigenvalue weighted by atomic mass is 32.2. The van der Waals surface area contributed by atoms with Crippen LogP contribution in [-0.2, 0) is 5.75 Å². The van der Waals surface area contributed by atoms with Crippen molar-refractivity contribution >= 4 is 23.4 Å². The van der Waals surface area contributed by atoms with Gasteiger partial charge >= 0.3 is 0 Å². The highest BCUT2D eigenvalue weighted by Gasteiger charge is 2.37. The van der Waals surface area contributed by atoms with Crippen molar-refractivity contribution in [3.63, 3.8) is 0 Å². The van der Waals surface area contributed by atoms with E-state index in [1.54, 1.807) is 12.1 Å². The summed E-state index contributed by atoms with van der Waals surface area (Å²) >= 11 is 1.86. The maximum absolute atomic E-state index is 11.1. The van der Waals surface area contributed by atoms with Gasteiger partial charge in [0.15, 0.2) is 0 Å². The third kappa shape index (κ3) is 3.63. The molecule has 3 aromatic carbocycles. The molecule has 150 valence electrons. The predicted octanol–water partition coefficient (Wildman–Crippen LogP) is 5.17. The Morgan fingerprint density at radius 2 is 1.83 bits per heavy atom. The molecule has 0 fully saturated rings. The molecule has 1 aliphatic heterocycles. The number of rotatable bonds is 5. The number of thioether (sulfide) groups is 1. The van der Waals surface area contributed by atoms with E-state index in [9.17, 15) is 9.90 Å². The molecule has 30 heavy (non-hydrogen) atoms. The van der Waals surface area contributed by atoms with E-state index in [0.29, 0.717) is 11.8 Å². The summed E-state index contributed by atoms with van der Waals surface area (Å²) in [5, 5.41) is 14.8. The lowest BCUT2D eigenvalue weighted by Crippen LogP contribution is -2.29. The third-order valence-corrected chi connectivity index (χ3v) is 7.16. The average Bonchev–Trinajstić information content (AvgIpc) is 3.28. The lowest BCUT2D eigenvalue weighted by Gasteiger charge is -2.38. The minimum absolute atomic E-state index is 0.165. The SMILES string of the molecule is O=C([O-])c1ccc(C2Nc3ccc(CSc4ccccc4)cc3C3C=CCC32)cc1. The van der Waals surface area contributed by atoms with E-state index in [1.165, 1.54) is 21.7 Å². The Kier molecular flexibility index (Phi) is 5.09. The maximum Gasteiger partial charge on any atom is 0.0715 e. The van der Waals surface area contributed by atoms with Gasteiger partial charge in [-0.15, -0.1) is 11.8 Å². The Morgan fingerprint density at radius 1 is 1.03 bits per heavy atom. The van der Waals surface area contributed by atoms with Gasteiger partial charge in [0.1, 0.15) is 0 Å². The molecule has 0 saturated carbocycles. The molecule has 5 rings (SSSR count). The summed E-state index contributed by atoms with van der Waals surface area (Å²) in [6, 6.07) is 24.5. The Balaban J connectivity index is 1.40. The van der Waals surface area contributed by atoms with Gasteiger partial charge in [-0.05, 0) is 52.8 Å². The molecular weight excluding hydrogens is 390 g/mol. The molecule has 3 unspecified atom stereocenters. The first kappa shape index (κ1) is 19.0. The van der Waals surface area contributed by atoms with Gasteiger partial charge in [0.25, 0.3) is 0 Å². The molecule has 0 saturated heterocycles. The summed E-state index contributed by atoms with van der Waals surface area (Å²) < 4.78 is 0. The summed E-state index contributed by atoms with van der Waals surface area (Å²) in [6.07, 6.45) is 5.63. The molecule has 3 atom stereocenters. The largest absolute Gasteiger partial charge is 0.545 e. The topological polar surface area (TPSA) is 52.2 Å². The summed E-state index contributed by atoms with van der Waals surface area (Å²) in [5.41, 5.74) is 5.21. The van der Waals surface area contributed by atoms with Gasteiger partial charge < -0.3 is 15.2 Å². The Labute approximate surface area is 180 Å². The van der Waals surface area contributed by atoms with Crippen molar-refractivity contribution in [2.24, 2.45) is 5.92 Å². The zero-order valence-electron chi connectivity index (χ0n) is 16.5. The number of nitrogens with one attached hydrogen (secondary N) is 1.